The number of hydrogen-bond acceptors (Lipinski definition) is 2. The third-order valence-corrected chi connectivity index (χ3v) is 3.03. The summed E-state index contributed by atoms with van der Waals surface area (Å²) in [5, 5.41) is 0. The highest BCUT2D eigenvalue weighted by Crippen LogP contribution is 2.17. The molecule has 2 aromatic rings. The first-order valence-corrected chi connectivity index (χ1v) is 7.00. The van der Waals surface area contributed by atoms with Crippen molar-refractivity contribution in [2.24, 2.45) is 0 Å². The molecular formula is C17H16ClNO. The lowest BCUT2D eigenvalue weighted by Gasteiger charge is -2.08. The van der Waals surface area contributed by atoms with E-state index < -0.39 is 0 Å². The topological polar surface area (TPSA) is 22.1 Å². The van der Waals surface area contributed by atoms with Gasteiger partial charge in [-0.2, -0.15) is 0 Å². The molecule has 3 heteroatoms. The molecule has 0 aliphatic carbocycles. The fourth-order valence-electron chi connectivity index (χ4n) is 1.83. The van der Waals surface area contributed by atoms with E-state index in [2.05, 4.69) is 16.8 Å². The Morgan fingerprint density at radius 2 is 2.00 bits per heavy atom. The van der Waals surface area contributed by atoms with Crippen LogP contribution in [0.5, 0.6) is 5.75 Å². The van der Waals surface area contributed by atoms with Crippen LogP contribution in [0.3, 0.4) is 0 Å². The molecule has 0 aliphatic rings. The molecule has 0 aliphatic heterocycles. The van der Waals surface area contributed by atoms with E-state index in [9.17, 15) is 0 Å². The van der Waals surface area contributed by atoms with Gasteiger partial charge in [-0.3, -0.25) is 4.98 Å². The van der Waals surface area contributed by atoms with Gasteiger partial charge in [0.25, 0.3) is 0 Å². The quantitative estimate of drug-likeness (QED) is 0.632. The van der Waals surface area contributed by atoms with Gasteiger partial charge in [0.05, 0.1) is 12.5 Å². The third-order valence-electron chi connectivity index (χ3n) is 2.90. The number of alkyl halides is 1. The highest BCUT2D eigenvalue weighted by molar-refractivity contribution is 6.19. The number of benzene rings is 1. The van der Waals surface area contributed by atoms with Crippen molar-refractivity contribution < 1.29 is 4.74 Å². The average molecular weight is 286 g/mol. The van der Waals surface area contributed by atoms with Crippen molar-refractivity contribution >= 4 is 11.6 Å². The second kappa shape index (κ2) is 7.57. The number of aromatic nitrogens is 1. The lowest BCUT2D eigenvalue weighted by Crippen LogP contribution is -2.01. The van der Waals surface area contributed by atoms with Crippen LogP contribution in [0, 0.1) is 18.8 Å². The van der Waals surface area contributed by atoms with Crippen molar-refractivity contribution in [3.63, 3.8) is 0 Å². The molecule has 0 unspecified atom stereocenters. The van der Waals surface area contributed by atoms with Crippen LogP contribution in [0.2, 0.25) is 0 Å². The minimum absolute atomic E-state index is 0.351. The molecule has 0 fully saturated rings. The first kappa shape index (κ1) is 14.4. The maximum atomic E-state index is 5.76. The Morgan fingerprint density at radius 1 is 1.20 bits per heavy atom. The van der Waals surface area contributed by atoms with Crippen LogP contribution < -0.4 is 4.74 Å². The highest BCUT2D eigenvalue weighted by Gasteiger charge is 1.99. The van der Waals surface area contributed by atoms with Gasteiger partial charge >= 0.3 is 0 Å². The van der Waals surface area contributed by atoms with Crippen molar-refractivity contribution in [3.05, 3.63) is 59.4 Å². The standard InChI is InChI=1S/C17H16ClNO/c1-14-13-17(5-4-16(14)3-2-9-18)20-12-8-15-6-10-19-11-7-15/h4-7,10-11,13H,8-9,12H2,1H3. The van der Waals surface area contributed by atoms with Gasteiger partial charge in [-0.25, -0.2) is 0 Å². The van der Waals surface area contributed by atoms with E-state index in [-0.39, 0.29) is 0 Å². The Labute approximate surface area is 124 Å². The molecule has 0 spiro atoms. The lowest BCUT2D eigenvalue weighted by atomic mass is 10.1. The molecule has 0 bridgehead atoms. The number of pyridine rings is 1. The van der Waals surface area contributed by atoms with Gasteiger partial charge < -0.3 is 4.74 Å². The number of rotatable bonds is 4. The molecule has 0 amide bonds. The average Bonchev–Trinajstić information content (AvgIpc) is 2.47. The molecule has 1 aromatic carbocycles. The van der Waals surface area contributed by atoms with Crippen molar-refractivity contribution in [2.45, 2.75) is 13.3 Å². The monoisotopic (exact) mass is 285 g/mol. The normalized spacial score (nSPS) is 9.70. The predicted molar refractivity (Wildman–Crippen MR) is 82.2 cm³/mol. The minimum atomic E-state index is 0.351. The van der Waals surface area contributed by atoms with Gasteiger partial charge in [0.2, 0.25) is 0 Å². The molecule has 2 rings (SSSR count). The first-order chi connectivity index (χ1) is 9.79. The van der Waals surface area contributed by atoms with Crippen molar-refractivity contribution in [1.29, 1.82) is 0 Å². The zero-order valence-corrected chi connectivity index (χ0v) is 12.2. The zero-order chi connectivity index (χ0) is 14.2. The summed E-state index contributed by atoms with van der Waals surface area (Å²) in [5.41, 5.74) is 3.32. The van der Waals surface area contributed by atoms with Crippen LogP contribution in [0.1, 0.15) is 16.7 Å². The van der Waals surface area contributed by atoms with Crippen LogP contribution in [0.4, 0.5) is 0 Å². The van der Waals surface area contributed by atoms with Gasteiger partial charge in [-0.1, -0.05) is 11.8 Å². The molecular weight excluding hydrogens is 270 g/mol. The number of hydrogen-bond donors (Lipinski definition) is 0. The Kier molecular flexibility index (Phi) is 5.46. The van der Waals surface area contributed by atoms with E-state index in [0.717, 1.165) is 23.3 Å². The first-order valence-electron chi connectivity index (χ1n) is 6.47. The summed E-state index contributed by atoms with van der Waals surface area (Å²) in [5.74, 6) is 7.10. The van der Waals surface area contributed by atoms with Crippen LogP contribution in [-0.2, 0) is 6.42 Å². The second-order valence-corrected chi connectivity index (χ2v) is 4.63. The minimum Gasteiger partial charge on any atom is -0.493 e. The molecule has 0 atom stereocenters. The molecule has 0 N–H and O–H groups in total. The fraction of sp³-hybridized carbons (Fsp3) is 0.235. The third kappa shape index (κ3) is 4.29. The summed E-state index contributed by atoms with van der Waals surface area (Å²) < 4.78 is 5.76. The molecule has 0 saturated heterocycles. The number of ether oxygens (including phenoxy) is 1. The van der Waals surface area contributed by atoms with E-state index in [0.29, 0.717) is 12.5 Å². The van der Waals surface area contributed by atoms with E-state index in [1.807, 2.05) is 37.3 Å². The second-order valence-electron chi connectivity index (χ2n) is 4.37. The summed E-state index contributed by atoms with van der Waals surface area (Å²) in [7, 11) is 0. The van der Waals surface area contributed by atoms with Crippen molar-refractivity contribution in [1.82, 2.24) is 4.98 Å². The van der Waals surface area contributed by atoms with E-state index >= 15 is 0 Å². The molecule has 102 valence electrons. The number of nitrogens with zero attached hydrogens (tertiary/aromatic N) is 1. The molecule has 20 heavy (non-hydrogen) atoms. The summed E-state index contributed by atoms with van der Waals surface area (Å²) in [6.07, 6.45) is 4.46. The summed E-state index contributed by atoms with van der Waals surface area (Å²) in [6, 6.07) is 9.91. The Hall–Kier alpha value is -1.98. The lowest BCUT2D eigenvalue weighted by molar-refractivity contribution is 0.321. The zero-order valence-electron chi connectivity index (χ0n) is 11.4. The van der Waals surface area contributed by atoms with Crippen LogP contribution in [0.15, 0.2) is 42.7 Å². The number of aryl methyl sites for hydroxylation is 1. The Bertz CT molecular complexity index is 614. The predicted octanol–water partition coefficient (Wildman–Crippen LogP) is 3.60. The van der Waals surface area contributed by atoms with Crippen LogP contribution >= 0.6 is 11.6 Å². The van der Waals surface area contributed by atoms with Gasteiger partial charge in [0.1, 0.15) is 5.75 Å². The maximum absolute atomic E-state index is 5.76. The largest absolute Gasteiger partial charge is 0.493 e. The van der Waals surface area contributed by atoms with Crippen molar-refractivity contribution in [3.8, 4) is 17.6 Å². The van der Waals surface area contributed by atoms with Crippen LogP contribution in [0.25, 0.3) is 0 Å². The molecule has 0 saturated carbocycles. The van der Waals surface area contributed by atoms with Gasteiger partial charge in [-0.15, -0.1) is 11.6 Å². The highest BCUT2D eigenvalue weighted by atomic mass is 35.5. The van der Waals surface area contributed by atoms with E-state index in [1.54, 1.807) is 12.4 Å². The molecule has 1 aromatic heterocycles. The number of halogens is 1. The van der Waals surface area contributed by atoms with Crippen molar-refractivity contribution in [2.75, 3.05) is 12.5 Å². The SMILES string of the molecule is Cc1cc(OCCc2ccncc2)ccc1C#CCCl. The molecule has 2 nitrogen and oxygen atoms in total. The summed E-state index contributed by atoms with van der Waals surface area (Å²) >= 11 is 5.56. The Balaban J connectivity index is 1.92. The van der Waals surface area contributed by atoms with Gasteiger partial charge in [0, 0.05) is 24.4 Å². The fourth-order valence-corrected chi connectivity index (χ4v) is 1.90. The summed E-state index contributed by atoms with van der Waals surface area (Å²) in [6.45, 7) is 2.67. The smallest absolute Gasteiger partial charge is 0.119 e. The molecule has 0 radical (unpaired) electrons. The van der Waals surface area contributed by atoms with Gasteiger partial charge in [-0.05, 0) is 48.4 Å². The maximum Gasteiger partial charge on any atom is 0.119 e. The van der Waals surface area contributed by atoms with Crippen LogP contribution in [-0.4, -0.2) is 17.5 Å². The van der Waals surface area contributed by atoms with E-state index in [4.69, 9.17) is 16.3 Å². The molecule has 1 heterocycles. The summed E-state index contributed by atoms with van der Waals surface area (Å²) in [4.78, 5) is 3.99. The Morgan fingerprint density at radius 3 is 2.70 bits per heavy atom. The van der Waals surface area contributed by atoms with Gasteiger partial charge in [0.15, 0.2) is 0 Å². The van der Waals surface area contributed by atoms with E-state index in [1.165, 1.54) is 5.56 Å².